The predicted molar refractivity (Wildman–Crippen MR) is 90.2 cm³/mol. The Morgan fingerprint density at radius 1 is 1.48 bits per heavy atom. The van der Waals surface area contributed by atoms with Gasteiger partial charge >= 0.3 is 6.09 Å². The van der Waals surface area contributed by atoms with Gasteiger partial charge in [0.15, 0.2) is 5.78 Å². The van der Waals surface area contributed by atoms with E-state index >= 15 is 0 Å². The number of carbonyl (C=O) groups is 3. The molecule has 8 heteroatoms. The standard InChI is InChI=1S/C15H19BrN2O4S/c1-15(2,3)22-14(21)18-7-10(19)5-12(18)13(20)17-6-11-4-9(16)8-23-11/h4,8,12H,5-7H2,1-3H3,(H,17,20)/t12-/m0/s1. The lowest BCUT2D eigenvalue weighted by Gasteiger charge is -2.27. The summed E-state index contributed by atoms with van der Waals surface area (Å²) in [6.07, 6.45) is -0.610. The second-order valence-corrected chi connectivity index (χ2v) is 8.23. The van der Waals surface area contributed by atoms with Gasteiger partial charge in [-0.25, -0.2) is 4.79 Å². The molecule has 0 aromatic carbocycles. The van der Waals surface area contributed by atoms with Gasteiger partial charge in [0.05, 0.1) is 13.1 Å². The van der Waals surface area contributed by atoms with Gasteiger partial charge in [0.1, 0.15) is 11.6 Å². The monoisotopic (exact) mass is 402 g/mol. The zero-order valence-corrected chi connectivity index (χ0v) is 15.6. The van der Waals surface area contributed by atoms with Crippen LogP contribution in [0.25, 0.3) is 0 Å². The molecule has 0 bridgehead atoms. The lowest BCUT2D eigenvalue weighted by Crippen LogP contribution is -2.47. The SMILES string of the molecule is CC(C)(C)OC(=O)N1CC(=O)C[C@H]1C(=O)NCc1cc(Br)cs1. The van der Waals surface area contributed by atoms with E-state index in [0.717, 1.165) is 9.35 Å². The second-order valence-electron chi connectivity index (χ2n) is 6.32. The van der Waals surface area contributed by atoms with Crippen molar-refractivity contribution in [2.45, 2.75) is 45.4 Å². The highest BCUT2D eigenvalue weighted by atomic mass is 79.9. The summed E-state index contributed by atoms with van der Waals surface area (Å²) in [7, 11) is 0. The minimum Gasteiger partial charge on any atom is -0.444 e. The normalized spacial score (nSPS) is 18.2. The number of likely N-dealkylation sites (tertiary alicyclic amines) is 1. The maximum Gasteiger partial charge on any atom is 0.411 e. The molecule has 23 heavy (non-hydrogen) atoms. The van der Waals surface area contributed by atoms with Crippen molar-refractivity contribution in [2.24, 2.45) is 0 Å². The number of ketones is 1. The van der Waals surface area contributed by atoms with E-state index in [0.29, 0.717) is 6.54 Å². The molecule has 126 valence electrons. The molecule has 0 spiro atoms. The molecule has 1 saturated heterocycles. The number of nitrogens with zero attached hydrogens (tertiary/aromatic N) is 1. The third-order valence-electron chi connectivity index (χ3n) is 3.13. The number of thiophene rings is 1. The van der Waals surface area contributed by atoms with Crippen LogP contribution in [0.4, 0.5) is 4.79 Å². The summed E-state index contributed by atoms with van der Waals surface area (Å²) in [5, 5.41) is 4.70. The maximum atomic E-state index is 12.3. The first-order valence-electron chi connectivity index (χ1n) is 7.17. The molecular formula is C15H19BrN2O4S. The first-order valence-corrected chi connectivity index (χ1v) is 8.85. The Kier molecular flexibility index (Phi) is 5.46. The van der Waals surface area contributed by atoms with E-state index in [4.69, 9.17) is 4.74 Å². The largest absolute Gasteiger partial charge is 0.444 e. The van der Waals surface area contributed by atoms with E-state index in [1.165, 1.54) is 16.2 Å². The number of halogens is 1. The molecule has 2 heterocycles. The molecule has 1 atom stereocenters. The smallest absolute Gasteiger partial charge is 0.411 e. The molecule has 0 radical (unpaired) electrons. The Bertz CT molecular complexity index is 623. The predicted octanol–water partition coefficient (Wildman–Crippen LogP) is 2.71. The zero-order valence-electron chi connectivity index (χ0n) is 13.2. The molecule has 0 aliphatic carbocycles. The molecule has 0 saturated carbocycles. The van der Waals surface area contributed by atoms with E-state index in [1.807, 2.05) is 11.4 Å². The summed E-state index contributed by atoms with van der Waals surface area (Å²) in [5.41, 5.74) is -0.674. The van der Waals surface area contributed by atoms with Gasteiger partial charge in [-0.05, 0) is 42.8 Å². The van der Waals surface area contributed by atoms with E-state index in [2.05, 4.69) is 21.2 Å². The van der Waals surface area contributed by atoms with Crippen LogP contribution in [-0.4, -0.2) is 40.9 Å². The van der Waals surface area contributed by atoms with Crippen LogP contribution < -0.4 is 5.32 Å². The Labute approximate surface area is 147 Å². The quantitative estimate of drug-likeness (QED) is 0.842. The lowest BCUT2D eigenvalue weighted by molar-refractivity contribution is -0.126. The van der Waals surface area contributed by atoms with Crippen LogP contribution in [0.5, 0.6) is 0 Å². The number of Topliss-reactive ketones (excluding diaryl/α,β-unsaturated/α-hetero) is 1. The van der Waals surface area contributed by atoms with Crippen molar-refractivity contribution in [3.8, 4) is 0 Å². The average molecular weight is 403 g/mol. The van der Waals surface area contributed by atoms with Crippen LogP contribution in [0.3, 0.4) is 0 Å². The Morgan fingerprint density at radius 3 is 2.74 bits per heavy atom. The molecule has 1 aromatic rings. The molecule has 1 N–H and O–H groups in total. The molecule has 2 rings (SSSR count). The van der Waals surface area contributed by atoms with Crippen molar-refractivity contribution in [3.05, 3.63) is 20.8 Å². The number of hydrogen-bond acceptors (Lipinski definition) is 5. The number of hydrogen-bond donors (Lipinski definition) is 1. The molecule has 2 amide bonds. The minimum absolute atomic E-state index is 0.0270. The summed E-state index contributed by atoms with van der Waals surface area (Å²) < 4.78 is 6.22. The second kappa shape index (κ2) is 7.00. The van der Waals surface area contributed by atoms with Gasteiger partial charge in [0.25, 0.3) is 0 Å². The number of ether oxygens (including phenoxy) is 1. The van der Waals surface area contributed by atoms with Gasteiger partial charge in [-0.2, -0.15) is 0 Å². The van der Waals surface area contributed by atoms with E-state index in [-0.39, 0.29) is 24.7 Å². The van der Waals surface area contributed by atoms with Crippen LogP contribution in [0.1, 0.15) is 32.1 Å². The fraction of sp³-hybridized carbons (Fsp3) is 0.533. The first-order chi connectivity index (χ1) is 10.7. The van der Waals surface area contributed by atoms with E-state index in [9.17, 15) is 14.4 Å². The van der Waals surface area contributed by atoms with E-state index in [1.54, 1.807) is 20.8 Å². The third kappa shape index (κ3) is 5.04. The Hall–Kier alpha value is -1.41. The summed E-state index contributed by atoms with van der Waals surface area (Å²) in [6.45, 7) is 5.51. The van der Waals surface area contributed by atoms with Gasteiger partial charge in [-0.3, -0.25) is 14.5 Å². The van der Waals surface area contributed by atoms with Gasteiger partial charge in [0, 0.05) is 21.2 Å². The van der Waals surface area contributed by atoms with Crippen LogP contribution in [0.15, 0.2) is 15.9 Å². The first kappa shape index (κ1) is 17.9. The fourth-order valence-electron chi connectivity index (χ4n) is 2.18. The van der Waals surface area contributed by atoms with Crippen LogP contribution in [-0.2, 0) is 20.9 Å². The molecule has 1 aliphatic heterocycles. The van der Waals surface area contributed by atoms with Gasteiger partial charge in [-0.15, -0.1) is 11.3 Å². The number of rotatable bonds is 3. The summed E-state index contributed by atoms with van der Waals surface area (Å²) in [6, 6.07) is 1.11. The van der Waals surface area contributed by atoms with Crippen LogP contribution >= 0.6 is 27.3 Å². The maximum absolute atomic E-state index is 12.3. The fourth-order valence-corrected chi connectivity index (χ4v) is 3.57. The summed E-state index contributed by atoms with van der Waals surface area (Å²) >= 11 is 4.87. The lowest BCUT2D eigenvalue weighted by atomic mass is 10.2. The van der Waals surface area contributed by atoms with Crippen molar-refractivity contribution in [2.75, 3.05) is 6.54 Å². The van der Waals surface area contributed by atoms with E-state index < -0.39 is 17.7 Å². The van der Waals surface area contributed by atoms with Crippen molar-refractivity contribution < 1.29 is 19.1 Å². The highest BCUT2D eigenvalue weighted by molar-refractivity contribution is 9.10. The van der Waals surface area contributed by atoms with Gasteiger partial charge < -0.3 is 10.1 Å². The van der Waals surface area contributed by atoms with Crippen molar-refractivity contribution >= 4 is 45.1 Å². The highest BCUT2D eigenvalue weighted by Crippen LogP contribution is 2.21. The molecule has 1 aromatic heterocycles. The van der Waals surface area contributed by atoms with Crippen molar-refractivity contribution in [3.63, 3.8) is 0 Å². The Morgan fingerprint density at radius 2 is 2.17 bits per heavy atom. The molecule has 1 aliphatic rings. The van der Waals surface area contributed by atoms with Crippen LogP contribution in [0, 0.1) is 0 Å². The average Bonchev–Trinajstić information content (AvgIpc) is 3.00. The number of nitrogens with one attached hydrogen (secondary N) is 1. The third-order valence-corrected chi connectivity index (χ3v) is 4.83. The minimum atomic E-state index is -0.805. The summed E-state index contributed by atoms with van der Waals surface area (Å²) in [5.74, 6) is -0.485. The van der Waals surface area contributed by atoms with Crippen molar-refractivity contribution in [1.29, 1.82) is 0 Å². The molecule has 1 fully saturated rings. The molecular weight excluding hydrogens is 384 g/mol. The molecule has 0 unspecified atom stereocenters. The highest BCUT2D eigenvalue weighted by Gasteiger charge is 2.40. The number of amides is 2. The summed E-state index contributed by atoms with van der Waals surface area (Å²) in [4.78, 5) is 38.4. The van der Waals surface area contributed by atoms with Gasteiger partial charge in [0.2, 0.25) is 5.91 Å². The molecule has 6 nitrogen and oxygen atoms in total. The number of carbonyl (C=O) groups excluding carboxylic acids is 3. The topological polar surface area (TPSA) is 75.7 Å². The van der Waals surface area contributed by atoms with Gasteiger partial charge in [-0.1, -0.05) is 0 Å². The van der Waals surface area contributed by atoms with Crippen molar-refractivity contribution in [1.82, 2.24) is 10.2 Å². The van der Waals surface area contributed by atoms with Crippen LogP contribution in [0.2, 0.25) is 0 Å². The zero-order chi connectivity index (χ0) is 17.2. The Balaban J connectivity index is 1.99.